The van der Waals surface area contributed by atoms with E-state index in [0.29, 0.717) is 13.1 Å². The van der Waals surface area contributed by atoms with E-state index in [1.165, 1.54) is 17.1 Å². The van der Waals surface area contributed by atoms with E-state index in [1.54, 1.807) is 0 Å². The fraction of sp³-hybridized carbons (Fsp3) is 0.400. The highest BCUT2D eigenvalue weighted by Gasteiger charge is 2.58. The van der Waals surface area contributed by atoms with Crippen molar-refractivity contribution in [2.24, 2.45) is 0 Å². The summed E-state index contributed by atoms with van der Waals surface area (Å²) in [5.74, 6) is 0. The molecule has 2 aromatic rings. The Hall–Kier alpha value is -1.86. The summed E-state index contributed by atoms with van der Waals surface area (Å²) < 4.78 is 47.2. The Morgan fingerprint density at radius 3 is 2.68 bits per heavy atom. The van der Waals surface area contributed by atoms with Gasteiger partial charge in [0.2, 0.25) is 5.60 Å². The number of rotatable bonds is 3. The Kier molecular flexibility index (Phi) is 3.92. The van der Waals surface area contributed by atoms with Crippen LogP contribution in [0.3, 0.4) is 0 Å². The smallest absolute Gasteiger partial charge is 0.358 e. The second kappa shape index (κ2) is 5.73. The third-order valence-corrected chi connectivity index (χ3v) is 3.75. The van der Waals surface area contributed by atoms with Crippen molar-refractivity contribution in [3.8, 4) is 0 Å². The Morgan fingerprint density at radius 2 is 2.05 bits per heavy atom. The van der Waals surface area contributed by atoms with Crippen molar-refractivity contribution in [2.45, 2.75) is 18.3 Å². The van der Waals surface area contributed by atoms with E-state index in [-0.39, 0.29) is 18.7 Å². The number of aromatic nitrogens is 2. The minimum atomic E-state index is -4.50. The second-order valence-corrected chi connectivity index (χ2v) is 5.26. The Morgan fingerprint density at radius 1 is 1.27 bits per heavy atom. The number of hydrogen-bond acceptors (Lipinski definition) is 3. The molecule has 0 radical (unpaired) electrons. The first-order chi connectivity index (χ1) is 10.5. The van der Waals surface area contributed by atoms with Crippen LogP contribution in [0.25, 0.3) is 0 Å². The predicted molar refractivity (Wildman–Crippen MR) is 74.3 cm³/mol. The SMILES string of the molecule is FC(F)(F)C1(c2cnn(Cc3ccccc3)c2)CNCCO1. The Bertz CT molecular complexity index is 618. The van der Waals surface area contributed by atoms with E-state index in [2.05, 4.69) is 10.4 Å². The highest BCUT2D eigenvalue weighted by atomic mass is 19.4. The highest BCUT2D eigenvalue weighted by molar-refractivity contribution is 5.22. The molecular formula is C15H16F3N3O. The third kappa shape index (κ3) is 2.74. The number of halogens is 3. The van der Waals surface area contributed by atoms with Crippen LogP contribution in [0, 0.1) is 0 Å². The van der Waals surface area contributed by atoms with Crippen LogP contribution in [0.2, 0.25) is 0 Å². The molecule has 1 aliphatic heterocycles. The highest BCUT2D eigenvalue weighted by Crippen LogP contribution is 2.42. The second-order valence-electron chi connectivity index (χ2n) is 5.26. The normalized spacial score (nSPS) is 22.7. The fourth-order valence-corrected chi connectivity index (χ4v) is 2.57. The zero-order chi connectivity index (χ0) is 15.6. The molecule has 0 bridgehead atoms. The third-order valence-electron chi connectivity index (χ3n) is 3.75. The molecule has 4 nitrogen and oxygen atoms in total. The molecule has 1 atom stereocenters. The van der Waals surface area contributed by atoms with E-state index < -0.39 is 11.8 Å². The summed E-state index contributed by atoms with van der Waals surface area (Å²) in [5, 5.41) is 6.81. The van der Waals surface area contributed by atoms with Crippen LogP contribution in [-0.4, -0.2) is 35.7 Å². The van der Waals surface area contributed by atoms with Gasteiger partial charge in [0.25, 0.3) is 0 Å². The Balaban J connectivity index is 1.87. The Labute approximate surface area is 125 Å². The molecule has 1 fully saturated rings. The number of hydrogen-bond donors (Lipinski definition) is 1. The van der Waals surface area contributed by atoms with Crippen LogP contribution < -0.4 is 5.32 Å². The quantitative estimate of drug-likeness (QED) is 0.945. The van der Waals surface area contributed by atoms with Crippen LogP contribution in [0.5, 0.6) is 0 Å². The van der Waals surface area contributed by atoms with Gasteiger partial charge in [-0.1, -0.05) is 30.3 Å². The van der Waals surface area contributed by atoms with Crippen molar-refractivity contribution in [1.29, 1.82) is 0 Å². The van der Waals surface area contributed by atoms with Gasteiger partial charge in [-0.3, -0.25) is 4.68 Å². The number of alkyl halides is 3. The van der Waals surface area contributed by atoms with Crippen LogP contribution >= 0.6 is 0 Å². The molecule has 1 unspecified atom stereocenters. The summed E-state index contributed by atoms with van der Waals surface area (Å²) in [6, 6.07) is 9.45. The lowest BCUT2D eigenvalue weighted by molar-refractivity contribution is -0.290. The number of nitrogens with zero attached hydrogens (tertiary/aromatic N) is 2. The molecule has 118 valence electrons. The van der Waals surface area contributed by atoms with Crippen molar-refractivity contribution in [2.75, 3.05) is 19.7 Å². The number of morpholine rings is 1. The summed E-state index contributed by atoms with van der Waals surface area (Å²) in [6.07, 6.45) is -1.85. The van der Waals surface area contributed by atoms with Crippen LogP contribution in [0.4, 0.5) is 13.2 Å². The van der Waals surface area contributed by atoms with Gasteiger partial charge >= 0.3 is 6.18 Å². The largest absolute Gasteiger partial charge is 0.423 e. The molecule has 7 heteroatoms. The van der Waals surface area contributed by atoms with Gasteiger partial charge < -0.3 is 10.1 Å². The van der Waals surface area contributed by atoms with Crippen molar-refractivity contribution in [3.63, 3.8) is 0 Å². The monoisotopic (exact) mass is 311 g/mol. The summed E-state index contributed by atoms with van der Waals surface area (Å²) in [6.45, 7) is 0.551. The predicted octanol–water partition coefficient (Wildman–Crippen LogP) is 2.31. The number of nitrogens with one attached hydrogen (secondary N) is 1. The van der Waals surface area contributed by atoms with Crippen molar-refractivity contribution >= 4 is 0 Å². The minimum absolute atomic E-state index is 0.0172. The van der Waals surface area contributed by atoms with Gasteiger partial charge in [-0.05, 0) is 5.56 Å². The first kappa shape index (κ1) is 15.1. The van der Waals surface area contributed by atoms with Gasteiger partial charge in [0, 0.05) is 24.8 Å². The molecule has 1 aromatic heterocycles. The van der Waals surface area contributed by atoms with Gasteiger partial charge in [-0.2, -0.15) is 18.3 Å². The summed E-state index contributed by atoms with van der Waals surface area (Å²) >= 11 is 0. The maximum Gasteiger partial charge on any atom is 0.423 e. The molecule has 1 aromatic carbocycles. The van der Waals surface area contributed by atoms with E-state index in [0.717, 1.165) is 5.56 Å². The lowest BCUT2D eigenvalue weighted by atomic mass is 9.94. The minimum Gasteiger partial charge on any atom is -0.358 e. The maximum atomic E-state index is 13.5. The topological polar surface area (TPSA) is 39.1 Å². The maximum absolute atomic E-state index is 13.5. The first-order valence-corrected chi connectivity index (χ1v) is 6.99. The van der Waals surface area contributed by atoms with Gasteiger partial charge in [0.05, 0.1) is 19.3 Å². The molecule has 22 heavy (non-hydrogen) atoms. The van der Waals surface area contributed by atoms with E-state index >= 15 is 0 Å². The van der Waals surface area contributed by atoms with Gasteiger partial charge in [0.1, 0.15) is 0 Å². The van der Waals surface area contributed by atoms with Crippen LogP contribution in [0.15, 0.2) is 42.7 Å². The van der Waals surface area contributed by atoms with Crippen molar-refractivity contribution in [1.82, 2.24) is 15.1 Å². The zero-order valence-electron chi connectivity index (χ0n) is 11.8. The van der Waals surface area contributed by atoms with Crippen LogP contribution in [-0.2, 0) is 16.9 Å². The van der Waals surface area contributed by atoms with Gasteiger partial charge in [-0.25, -0.2) is 0 Å². The molecule has 1 saturated heterocycles. The molecular weight excluding hydrogens is 295 g/mol. The molecule has 1 aliphatic rings. The molecule has 0 spiro atoms. The average Bonchev–Trinajstić information content (AvgIpc) is 2.97. The average molecular weight is 311 g/mol. The molecule has 3 rings (SSSR count). The lowest BCUT2D eigenvalue weighted by Crippen LogP contribution is -2.56. The lowest BCUT2D eigenvalue weighted by Gasteiger charge is -2.38. The van der Waals surface area contributed by atoms with Crippen molar-refractivity contribution in [3.05, 3.63) is 53.9 Å². The van der Waals surface area contributed by atoms with E-state index in [1.807, 2.05) is 30.3 Å². The number of ether oxygens (including phenoxy) is 1. The summed E-state index contributed by atoms with van der Waals surface area (Å²) in [7, 11) is 0. The standard InChI is InChI=1S/C15H16F3N3O/c16-15(17,18)14(11-19-6-7-22-14)13-8-20-21(10-13)9-12-4-2-1-3-5-12/h1-5,8,10,19H,6-7,9,11H2. The van der Waals surface area contributed by atoms with Crippen LogP contribution in [0.1, 0.15) is 11.1 Å². The summed E-state index contributed by atoms with van der Waals surface area (Å²) in [4.78, 5) is 0. The molecule has 1 N–H and O–H groups in total. The molecule has 2 heterocycles. The number of benzene rings is 1. The van der Waals surface area contributed by atoms with E-state index in [4.69, 9.17) is 4.74 Å². The molecule has 0 aliphatic carbocycles. The van der Waals surface area contributed by atoms with Crippen molar-refractivity contribution < 1.29 is 17.9 Å². The van der Waals surface area contributed by atoms with E-state index in [9.17, 15) is 13.2 Å². The fourth-order valence-electron chi connectivity index (χ4n) is 2.57. The zero-order valence-corrected chi connectivity index (χ0v) is 11.8. The molecule has 0 amide bonds. The van der Waals surface area contributed by atoms with Gasteiger partial charge in [-0.15, -0.1) is 0 Å². The van der Waals surface area contributed by atoms with Gasteiger partial charge in [0.15, 0.2) is 0 Å². The summed E-state index contributed by atoms with van der Waals surface area (Å²) in [5.41, 5.74) is -1.32. The first-order valence-electron chi connectivity index (χ1n) is 6.99. The molecule has 0 saturated carbocycles.